The molecule has 0 spiro atoms. The first-order valence-electron chi connectivity index (χ1n) is 7.71. The molecular weight excluding hydrogens is 336 g/mol. The molecular formula is C18H18N4O2S. The van der Waals surface area contributed by atoms with Crippen LogP contribution in [0, 0.1) is 6.92 Å². The van der Waals surface area contributed by atoms with Crippen LogP contribution < -0.4 is 4.74 Å². The molecule has 1 amide bonds. The van der Waals surface area contributed by atoms with Crippen LogP contribution in [0.25, 0.3) is 10.8 Å². The van der Waals surface area contributed by atoms with E-state index in [1.165, 1.54) is 11.3 Å². The summed E-state index contributed by atoms with van der Waals surface area (Å²) in [4.78, 5) is 27.9. The fourth-order valence-electron chi connectivity index (χ4n) is 2.39. The molecule has 0 aliphatic rings. The van der Waals surface area contributed by atoms with Crippen LogP contribution in [0.4, 0.5) is 0 Å². The number of aromatic nitrogens is 3. The number of ether oxygens (including phenoxy) is 1. The first-order chi connectivity index (χ1) is 12.1. The van der Waals surface area contributed by atoms with E-state index in [9.17, 15) is 4.79 Å². The van der Waals surface area contributed by atoms with Crippen LogP contribution in [0.15, 0.2) is 42.7 Å². The molecule has 0 fully saturated rings. The second kappa shape index (κ2) is 7.40. The van der Waals surface area contributed by atoms with E-state index in [1.54, 1.807) is 37.5 Å². The number of methoxy groups -OCH3 is 1. The van der Waals surface area contributed by atoms with Gasteiger partial charge < -0.3 is 9.64 Å². The summed E-state index contributed by atoms with van der Waals surface area (Å²) in [5.74, 6) is 1.24. The molecule has 128 valence electrons. The number of nitrogens with zero attached hydrogens (tertiary/aromatic N) is 4. The van der Waals surface area contributed by atoms with Gasteiger partial charge >= 0.3 is 0 Å². The standard InChI is InChI=1S/C18H18N4O2S/c1-12-15(25-17(21-12)16-19-8-5-9-20-16)18(23)22(2)11-13-6-4-7-14(10-13)24-3/h4-10H,11H2,1-3H3. The minimum atomic E-state index is -0.0694. The Kier molecular flexibility index (Phi) is 5.04. The van der Waals surface area contributed by atoms with Crippen molar-refractivity contribution in [1.82, 2.24) is 19.9 Å². The van der Waals surface area contributed by atoms with Crippen LogP contribution in [0.3, 0.4) is 0 Å². The highest BCUT2D eigenvalue weighted by atomic mass is 32.1. The lowest BCUT2D eigenvalue weighted by Gasteiger charge is -2.17. The predicted octanol–water partition coefficient (Wildman–Crippen LogP) is 3.19. The third-order valence-corrected chi connectivity index (χ3v) is 4.79. The third-order valence-electron chi connectivity index (χ3n) is 3.65. The van der Waals surface area contributed by atoms with Crippen molar-refractivity contribution >= 4 is 17.2 Å². The van der Waals surface area contributed by atoms with Gasteiger partial charge in [-0.2, -0.15) is 0 Å². The Hall–Kier alpha value is -2.80. The van der Waals surface area contributed by atoms with E-state index < -0.39 is 0 Å². The van der Waals surface area contributed by atoms with E-state index >= 15 is 0 Å². The van der Waals surface area contributed by atoms with Crippen molar-refractivity contribution in [3.05, 3.63) is 58.9 Å². The van der Waals surface area contributed by atoms with Gasteiger partial charge in [0.05, 0.1) is 12.8 Å². The smallest absolute Gasteiger partial charge is 0.265 e. The fourth-order valence-corrected chi connectivity index (χ4v) is 3.40. The summed E-state index contributed by atoms with van der Waals surface area (Å²) >= 11 is 1.32. The minimum absolute atomic E-state index is 0.0694. The first kappa shape index (κ1) is 17.0. The lowest BCUT2D eigenvalue weighted by Crippen LogP contribution is -2.26. The number of carbonyl (C=O) groups excluding carboxylic acids is 1. The second-order valence-electron chi connectivity index (χ2n) is 5.52. The van der Waals surface area contributed by atoms with Gasteiger partial charge in [0.15, 0.2) is 10.8 Å². The summed E-state index contributed by atoms with van der Waals surface area (Å²) in [6, 6.07) is 9.43. The minimum Gasteiger partial charge on any atom is -0.497 e. The van der Waals surface area contributed by atoms with Crippen LogP contribution in [0.1, 0.15) is 20.9 Å². The number of hydrogen-bond donors (Lipinski definition) is 0. The number of carbonyl (C=O) groups is 1. The predicted molar refractivity (Wildman–Crippen MR) is 96.7 cm³/mol. The van der Waals surface area contributed by atoms with Crippen LogP contribution in [-0.2, 0) is 6.54 Å². The number of aryl methyl sites for hydroxylation is 1. The molecule has 0 N–H and O–H groups in total. The normalized spacial score (nSPS) is 10.5. The zero-order valence-corrected chi connectivity index (χ0v) is 15.1. The molecule has 6 nitrogen and oxygen atoms in total. The van der Waals surface area contributed by atoms with E-state index in [-0.39, 0.29) is 5.91 Å². The summed E-state index contributed by atoms with van der Waals surface area (Å²) in [7, 11) is 3.40. The Balaban J connectivity index is 1.79. The molecule has 0 atom stereocenters. The van der Waals surface area contributed by atoms with Crippen molar-refractivity contribution in [2.75, 3.05) is 14.2 Å². The molecule has 0 saturated heterocycles. The second-order valence-corrected chi connectivity index (χ2v) is 6.52. The lowest BCUT2D eigenvalue weighted by molar-refractivity contribution is 0.0789. The van der Waals surface area contributed by atoms with E-state index in [0.717, 1.165) is 11.3 Å². The summed E-state index contributed by atoms with van der Waals surface area (Å²) < 4.78 is 5.23. The van der Waals surface area contributed by atoms with Gasteiger partial charge in [0.1, 0.15) is 10.6 Å². The van der Waals surface area contributed by atoms with Gasteiger partial charge in [-0.15, -0.1) is 11.3 Å². The largest absolute Gasteiger partial charge is 0.497 e. The Morgan fingerprint density at radius 1 is 1.24 bits per heavy atom. The molecule has 3 aromatic rings. The number of rotatable bonds is 5. The average Bonchev–Trinajstić information content (AvgIpc) is 3.03. The number of benzene rings is 1. The average molecular weight is 354 g/mol. The van der Waals surface area contributed by atoms with Gasteiger partial charge in [-0.25, -0.2) is 15.0 Å². The van der Waals surface area contributed by atoms with Crippen molar-refractivity contribution in [2.24, 2.45) is 0 Å². The van der Waals surface area contributed by atoms with Crippen LogP contribution in [0.2, 0.25) is 0 Å². The Morgan fingerprint density at radius 3 is 2.72 bits per heavy atom. The van der Waals surface area contributed by atoms with Gasteiger partial charge in [-0.1, -0.05) is 12.1 Å². The highest BCUT2D eigenvalue weighted by Crippen LogP contribution is 2.26. The van der Waals surface area contributed by atoms with Crippen molar-refractivity contribution in [3.63, 3.8) is 0 Å². The molecule has 3 rings (SSSR count). The third kappa shape index (κ3) is 3.83. The molecule has 0 unspecified atom stereocenters. The number of amides is 1. The Morgan fingerprint density at radius 2 is 2.00 bits per heavy atom. The maximum absolute atomic E-state index is 12.8. The number of hydrogen-bond acceptors (Lipinski definition) is 6. The molecule has 0 aliphatic heterocycles. The molecule has 7 heteroatoms. The maximum atomic E-state index is 12.8. The summed E-state index contributed by atoms with van der Waals surface area (Å²) in [6.45, 7) is 2.32. The highest BCUT2D eigenvalue weighted by Gasteiger charge is 2.20. The summed E-state index contributed by atoms with van der Waals surface area (Å²) in [5.41, 5.74) is 1.69. The first-order valence-corrected chi connectivity index (χ1v) is 8.53. The molecule has 0 saturated carbocycles. The molecule has 25 heavy (non-hydrogen) atoms. The SMILES string of the molecule is COc1cccc(CN(C)C(=O)c2sc(-c3ncccn3)nc2C)c1. The molecule has 1 aromatic carbocycles. The zero-order valence-electron chi connectivity index (χ0n) is 14.3. The van der Waals surface area contributed by atoms with Crippen molar-refractivity contribution in [2.45, 2.75) is 13.5 Å². The van der Waals surface area contributed by atoms with Crippen molar-refractivity contribution in [1.29, 1.82) is 0 Å². The monoisotopic (exact) mass is 354 g/mol. The maximum Gasteiger partial charge on any atom is 0.265 e. The fraction of sp³-hybridized carbons (Fsp3) is 0.222. The van der Waals surface area contributed by atoms with Crippen molar-refractivity contribution in [3.8, 4) is 16.6 Å². The van der Waals surface area contributed by atoms with Gasteiger partial charge in [0.25, 0.3) is 5.91 Å². The quantitative estimate of drug-likeness (QED) is 0.704. The van der Waals surface area contributed by atoms with E-state index in [2.05, 4.69) is 15.0 Å². The molecule has 0 aliphatic carbocycles. The highest BCUT2D eigenvalue weighted by molar-refractivity contribution is 7.17. The van der Waals surface area contributed by atoms with Crippen LogP contribution >= 0.6 is 11.3 Å². The van der Waals surface area contributed by atoms with Crippen LogP contribution in [0.5, 0.6) is 5.75 Å². The van der Waals surface area contributed by atoms with Crippen LogP contribution in [-0.4, -0.2) is 39.9 Å². The van der Waals surface area contributed by atoms with Crippen molar-refractivity contribution < 1.29 is 9.53 Å². The van der Waals surface area contributed by atoms with Gasteiger partial charge in [0.2, 0.25) is 0 Å². The zero-order chi connectivity index (χ0) is 17.8. The summed E-state index contributed by atoms with van der Waals surface area (Å²) in [5, 5.41) is 0.649. The Bertz CT molecular complexity index is 880. The van der Waals surface area contributed by atoms with Gasteiger partial charge in [0, 0.05) is 26.0 Å². The topological polar surface area (TPSA) is 68.2 Å². The number of thiazole rings is 1. The molecule has 2 aromatic heterocycles. The Labute approximate surface area is 150 Å². The van der Waals surface area contributed by atoms with E-state index in [4.69, 9.17) is 4.74 Å². The molecule has 0 bridgehead atoms. The van der Waals surface area contributed by atoms with Gasteiger partial charge in [-0.05, 0) is 30.7 Å². The lowest BCUT2D eigenvalue weighted by atomic mass is 10.2. The summed E-state index contributed by atoms with van der Waals surface area (Å²) in [6.07, 6.45) is 3.32. The van der Waals surface area contributed by atoms with E-state index in [0.29, 0.717) is 27.9 Å². The van der Waals surface area contributed by atoms with Gasteiger partial charge in [-0.3, -0.25) is 4.79 Å². The molecule has 0 radical (unpaired) electrons. The van der Waals surface area contributed by atoms with E-state index in [1.807, 2.05) is 31.2 Å². The molecule has 2 heterocycles.